The quantitative estimate of drug-likeness (QED) is 0.257. The molecular weight excluding hydrogens is 220 g/mol. The molecule has 0 N–H and O–H groups in total. The molecular formula is C17H24O. The van der Waals surface area contributed by atoms with E-state index in [4.69, 9.17) is 4.74 Å². The topological polar surface area (TPSA) is 12.5 Å². The summed E-state index contributed by atoms with van der Waals surface area (Å²) >= 11 is 0. The van der Waals surface area contributed by atoms with Crippen LogP contribution in [-0.4, -0.2) is 12.7 Å². The van der Waals surface area contributed by atoms with E-state index in [9.17, 15) is 0 Å². The molecule has 0 radical (unpaired) electrons. The number of rotatable bonds is 9. The molecule has 0 aromatic heterocycles. The Balaban J connectivity index is 1.80. The minimum atomic E-state index is 0.607. The Hall–Kier alpha value is -1.18. The second kappa shape index (κ2) is 10.9. The molecule has 1 saturated heterocycles. The lowest BCUT2D eigenvalue weighted by Gasteiger charge is -1.97. The van der Waals surface area contributed by atoms with Gasteiger partial charge in [-0.05, 0) is 31.1 Å². The van der Waals surface area contributed by atoms with Crippen LogP contribution in [0, 0.1) is 23.7 Å². The van der Waals surface area contributed by atoms with Crippen LogP contribution in [0.3, 0.4) is 0 Å². The Morgan fingerprint density at radius 2 is 1.67 bits per heavy atom. The molecule has 1 heteroatoms. The standard InChI is InChI=1S/C17H24O/c1-2-3-4-5-6-7-8-9-10-11-12-13-14-15-17-16-18-17/h2,17H,1,3-4,9-16H2/t17-/m0/s1. The molecule has 1 heterocycles. The van der Waals surface area contributed by atoms with Crippen molar-refractivity contribution in [2.24, 2.45) is 0 Å². The van der Waals surface area contributed by atoms with Crippen molar-refractivity contribution >= 4 is 0 Å². The lowest BCUT2D eigenvalue weighted by molar-refractivity contribution is 0.387. The summed E-state index contributed by atoms with van der Waals surface area (Å²) in [5.74, 6) is 11.9. The average Bonchev–Trinajstić information content (AvgIpc) is 3.19. The van der Waals surface area contributed by atoms with E-state index >= 15 is 0 Å². The minimum absolute atomic E-state index is 0.607. The third-order valence-corrected chi connectivity index (χ3v) is 2.94. The number of hydrogen-bond acceptors (Lipinski definition) is 1. The molecule has 0 saturated carbocycles. The van der Waals surface area contributed by atoms with Crippen LogP contribution in [-0.2, 0) is 4.74 Å². The van der Waals surface area contributed by atoms with Crippen LogP contribution in [0.1, 0.15) is 57.8 Å². The monoisotopic (exact) mass is 244 g/mol. The predicted molar refractivity (Wildman–Crippen MR) is 77.0 cm³/mol. The second-order valence-electron chi connectivity index (χ2n) is 4.69. The first-order valence-corrected chi connectivity index (χ1v) is 7.11. The minimum Gasteiger partial charge on any atom is -0.373 e. The van der Waals surface area contributed by atoms with Crippen molar-refractivity contribution in [3.8, 4) is 23.7 Å². The highest BCUT2D eigenvalue weighted by Gasteiger charge is 2.20. The highest BCUT2D eigenvalue weighted by Crippen LogP contribution is 2.17. The van der Waals surface area contributed by atoms with Crippen LogP contribution in [0.2, 0.25) is 0 Å². The average molecular weight is 244 g/mol. The fraction of sp³-hybridized carbons (Fsp3) is 0.647. The number of unbranched alkanes of at least 4 members (excludes halogenated alkanes) is 6. The Morgan fingerprint density at radius 1 is 1.00 bits per heavy atom. The zero-order valence-electron chi connectivity index (χ0n) is 11.3. The van der Waals surface area contributed by atoms with E-state index in [1.165, 1.54) is 38.5 Å². The van der Waals surface area contributed by atoms with Gasteiger partial charge in [0.05, 0.1) is 12.7 Å². The zero-order valence-corrected chi connectivity index (χ0v) is 11.3. The summed E-state index contributed by atoms with van der Waals surface area (Å²) in [6.45, 7) is 4.66. The fourth-order valence-corrected chi connectivity index (χ4v) is 1.74. The van der Waals surface area contributed by atoms with Gasteiger partial charge in [0.15, 0.2) is 0 Å². The predicted octanol–water partition coefficient (Wildman–Crippen LogP) is 4.09. The lowest BCUT2D eigenvalue weighted by atomic mass is 10.1. The molecule has 1 aliphatic rings. The SMILES string of the molecule is C=CCCC#CC#CCCCCCCC[C@H]1CO1. The summed E-state index contributed by atoms with van der Waals surface area (Å²) in [6, 6.07) is 0. The van der Waals surface area contributed by atoms with Crippen molar-refractivity contribution in [1.82, 2.24) is 0 Å². The zero-order chi connectivity index (χ0) is 12.9. The summed E-state index contributed by atoms with van der Waals surface area (Å²) in [4.78, 5) is 0. The molecule has 0 aromatic rings. The van der Waals surface area contributed by atoms with E-state index in [-0.39, 0.29) is 0 Å². The van der Waals surface area contributed by atoms with Gasteiger partial charge in [-0.3, -0.25) is 0 Å². The number of allylic oxidation sites excluding steroid dienone is 1. The summed E-state index contributed by atoms with van der Waals surface area (Å²) in [5, 5.41) is 0. The van der Waals surface area contributed by atoms with Gasteiger partial charge in [0.1, 0.15) is 0 Å². The molecule has 1 rings (SSSR count). The second-order valence-corrected chi connectivity index (χ2v) is 4.69. The first-order valence-electron chi connectivity index (χ1n) is 7.11. The van der Waals surface area contributed by atoms with Crippen LogP contribution in [0.5, 0.6) is 0 Å². The van der Waals surface area contributed by atoms with Crippen LogP contribution in [0.4, 0.5) is 0 Å². The molecule has 98 valence electrons. The molecule has 1 aliphatic heterocycles. The Bertz CT molecular complexity index is 330. The molecule has 1 fully saturated rings. The van der Waals surface area contributed by atoms with Crippen molar-refractivity contribution in [3.05, 3.63) is 12.7 Å². The molecule has 0 aliphatic carbocycles. The Labute approximate surface area is 112 Å². The van der Waals surface area contributed by atoms with E-state index in [1.807, 2.05) is 6.08 Å². The van der Waals surface area contributed by atoms with Crippen molar-refractivity contribution in [1.29, 1.82) is 0 Å². The summed E-state index contributed by atoms with van der Waals surface area (Å²) < 4.78 is 5.18. The van der Waals surface area contributed by atoms with E-state index in [0.29, 0.717) is 6.10 Å². The maximum Gasteiger partial charge on any atom is 0.0810 e. The van der Waals surface area contributed by atoms with Crippen molar-refractivity contribution in [3.63, 3.8) is 0 Å². The summed E-state index contributed by atoms with van der Waals surface area (Å²) in [5.41, 5.74) is 0. The summed E-state index contributed by atoms with van der Waals surface area (Å²) in [6.07, 6.45) is 13.1. The van der Waals surface area contributed by atoms with Gasteiger partial charge in [0.2, 0.25) is 0 Å². The third kappa shape index (κ3) is 10.0. The summed E-state index contributed by atoms with van der Waals surface area (Å²) in [7, 11) is 0. The first kappa shape index (κ1) is 14.9. The largest absolute Gasteiger partial charge is 0.373 e. The first-order chi connectivity index (χ1) is 8.93. The molecule has 0 aromatic carbocycles. The molecule has 0 unspecified atom stereocenters. The maximum absolute atomic E-state index is 5.18. The molecule has 0 amide bonds. The molecule has 18 heavy (non-hydrogen) atoms. The molecule has 1 atom stereocenters. The fourth-order valence-electron chi connectivity index (χ4n) is 1.74. The highest BCUT2D eigenvalue weighted by atomic mass is 16.6. The van der Waals surface area contributed by atoms with Gasteiger partial charge in [-0.1, -0.05) is 43.6 Å². The highest BCUT2D eigenvalue weighted by molar-refractivity contribution is 5.25. The molecule has 1 nitrogen and oxygen atoms in total. The number of hydrogen-bond donors (Lipinski definition) is 0. The smallest absolute Gasteiger partial charge is 0.0810 e. The van der Waals surface area contributed by atoms with Crippen molar-refractivity contribution in [2.45, 2.75) is 63.9 Å². The third-order valence-electron chi connectivity index (χ3n) is 2.94. The van der Waals surface area contributed by atoms with Crippen molar-refractivity contribution < 1.29 is 4.74 Å². The van der Waals surface area contributed by atoms with Gasteiger partial charge in [-0.2, -0.15) is 0 Å². The van der Waals surface area contributed by atoms with E-state index in [1.54, 1.807) is 0 Å². The van der Waals surface area contributed by atoms with E-state index in [0.717, 1.165) is 25.9 Å². The van der Waals surface area contributed by atoms with Crippen molar-refractivity contribution in [2.75, 3.05) is 6.61 Å². The van der Waals surface area contributed by atoms with Gasteiger partial charge in [0.25, 0.3) is 0 Å². The van der Waals surface area contributed by atoms with Crippen LogP contribution in [0.15, 0.2) is 12.7 Å². The number of ether oxygens (including phenoxy) is 1. The van der Waals surface area contributed by atoms with Crippen LogP contribution < -0.4 is 0 Å². The van der Waals surface area contributed by atoms with E-state index < -0.39 is 0 Å². The Kier molecular flexibility index (Phi) is 9.04. The Morgan fingerprint density at radius 3 is 2.39 bits per heavy atom. The molecule has 0 spiro atoms. The molecule has 0 bridgehead atoms. The van der Waals surface area contributed by atoms with Gasteiger partial charge >= 0.3 is 0 Å². The van der Waals surface area contributed by atoms with Gasteiger partial charge < -0.3 is 4.74 Å². The maximum atomic E-state index is 5.18. The normalized spacial score (nSPS) is 16.1. The van der Waals surface area contributed by atoms with Crippen LogP contribution >= 0.6 is 0 Å². The number of epoxide rings is 1. The van der Waals surface area contributed by atoms with Gasteiger partial charge in [-0.15, -0.1) is 6.58 Å². The van der Waals surface area contributed by atoms with Gasteiger partial charge in [0, 0.05) is 12.8 Å². The van der Waals surface area contributed by atoms with Gasteiger partial charge in [-0.25, -0.2) is 0 Å². The van der Waals surface area contributed by atoms with Crippen LogP contribution in [0.25, 0.3) is 0 Å². The lowest BCUT2D eigenvalue weighted by Crippen LogP contribution is -1.85. The van der Waals surface area contributed by atoms with E-state index in [2.05, 4.69) is 30.3 Å².